The average molecular weight is 859 g/mol. The Morgan fingerprint density at radius 2 is 0.500 bits per heavy atom. The molecule has 0 aliphatic heterocycles. The molecule has 0 bridgehead atoms. The van der Waals surface area contributed by atoms with E-state index in [0.717, 1.165) is 0 Å². The molecule has 0 unspecified atom stereocenters. The molecule has 14 aromatic carbocycles. The molecule has 0 heteroatoms. The number of hydrogen-bond acceptors (Lipinski definition) is 0. The van der Waals surface area contributed by atoms with E-state index < -0.39 is 0 Å². The molecule has 14 aromatic rings. The van der Waals surface area contributed by atoms with Gasteiger partial charge < -0.3 is 0 Å². The summed E-state index contributed by atoms with van der Waals surface area (Å²) in [4.78, 5) is 0. The second-order valence-corrected chi connectivity index (χ2v) is 18.4. The Kier molecular flexibility index (Phi) is 8.69. The van der Waals surface area contributed by atoms with Crippen molar-refractivity contribution in [3.05, 3.63) is 255 Å². The average Bonchev–Trinajstić information content (AvgIpc) is 3.41. The van der Waals surface area contributed by atoms with E-state index in [2.05, 4.69) is 255 Å². The van der Waals surface area contributed by atoms with Crippen molar-refractivity contribution in [2.75, 3.05) is 0 Å². The van der Waals surface area contributed by atoms with Crippen LogP contribution in [0.3, 0.4) is 0 Å². The maximum atomic E-state index is 2.43. The summed E-state index contributed by atoms with van der Waals surface area (Å²) in [7, 11) is 0. The summed E-state index contributed by atoms with van der Waals surface area (Å²) in [5.74, 6) is 0. The van der Waals surface area contributed by atoms with Crippen molar-refractivity contribution in [1.29, 1.82) is 0 Å². The maximum Gasteiger partial charge on any atom is -0.00201 e. The van der Waals surface area contributed by atoms with Gasteiger partial charge in [0, 0.05) is 0 Å². The molecular formula is C68H42. The fourth-order valence-corrected chi connectivity index (χ4v) is 11.2. The molecule has 0 heterocycles. The van der Waals surface area contributed by atoms with Crippen LogP contribution < -0.4 is 0 Å². The zero-order valence-electron chi connectivity index (χ0n) is 37.2. The minimum atomic E-state index is 1.20. The molecule has 0 aliphatic rings. The fraction of sp³-hybridized carbons (Fsp3) is 0. The highest BCUT2D eigenvalue weighted by molar-refractivity contribution is 6.22. The van der Waals surface area contributed by atoms with Crippen LogP contribution in [-0.4, -0.2) is 0 Å². The fourth-order valence-electron chi connectivity index (χ4n) is 11.2. The van der Waals surface area contributed by atoms with Gasteiger partial charge in [-0.1, -0.05) is 206 Å². The van der Waals surface area contributed by atoms with Gasteiger partial charge >= 0.3 is 0 Å². The Balaban J connectivity index is 0.921. The Labute approximate surface area is 394 Å². The second kappa shape index (κ2) is 15.4. The first-order chi connectivity index (χ1) is 33.7. The van der Waals surface area contributed by atoms with Crippen LogP contribution in [0, 0.1) is 0 Å². The van der Waals surface area contributed by atoms with Crippen LogP contribution in [0.1, 0.15) is 0 Å². The molecule has 0 saturated carbocycles. The highest BCUT2D eigenvalue weighted by Gasteiger charge is 2.17. The predicted molar refractivity (Wildman–Crippen MR) is 294 cm³/mol. The summed E-state index contributed by atoms with van der Waals surface area (Å²) in [5, 5.41) is 20.2. The third-order valence-corrected chi connectivity index (χ3v) is 14.5. The smallest absolute Gasteiger partial charge is 0.00201 e. The Morgan fingerprint density at radius 1 is 0.147 bits per heavy atom. The summed E-state index contributed by atoms with van der Waals surface area (Å²) < 4.78 is 0. The van der Waals surface area contributed by atoms with Crippen LogP contribution in [0.25, 0.3) is 142 Å². The van der Waals surface area contributed by atoms with Crippen LogP contribution in [0.2, 0.25) is 0 Å². The summed E-state index contributed by atoms with van der Waals surface area (Å²) in [5.41, 5.74) is 12.2. The van der Waals surface area contributed by atoms with Gasteiger partial charge in [0.2, 0.25) is 0 Å². The van der Waals surface area contributed by atoms with E-state index in [1.165, 1.54) is 142 Å². The minimum Gasteiger partial charge on any atom is -0.0616 e. The predicted octanol–water partition coefficient (Wildman–Crippen LogP) is 19.2. The lowest BCUT2D eigenvalue weighted by Gasteiger charge is -2.18. The molecular weight excluding hydrogens is 817 g/mol. The molecule has 0 fully saturated rings. The third kappa shape index (κ3) is 6.30. The topological polar surface area (TPSA) is 0 Å². The lowest BCUT2D eigenvalue weighted by atomic mass is 9.85. The van der Waals surface area contributed by atoms with Crippen molar-refractivity contribution in [3.8, 4) is 55.6 Å². The van der Waals surface area contributed by atoms with Gasteiger partial charge in [-0.3, -0.25) is 0 Å². The Bertz CT molecular complexity index is 4380. The van der Waals surface area contributed by atoms with Gasteiger partial charge in [0.25, 0.3) is 0 Å². The van der Waals surface area contributed by atoms with Gasteiger partial charge in [-0.25, -0.2) is 0 Å². The van der Waals surface area contributed by atoms with E-state index >= 15 is 0 Å². The largest absolute Gasteiger partial charge is 0.0616 e. The van der Waals surface area contributed by atoms with Crippen LogP contribution >= 0.6 is 0 Å². The quantitative estimate of drug-likeness (QED) is 0.119. The van der Waals surface area contributed by atoms with E-state index in [-0.39, 0.29) is 0 Å². The summed E-state index contributed by atoms with van der Waals surface area (Å²) in [6.07, 6.45) is 0. The second-order valence-electron chi connectivity index (χ2n) is 18.4. The van der Waals surface area contributed by atoms with Gasteiger partial charge in [0.15, 0.2) is 0 Å². The van der Waals surface area contributed by atoms with Crippen LogP contribution in [-0.2, 0) is 0 Å². The molecule has 314 valence electrons. The van der Waals surface area contributed by atoms with Crippen molar-refractivity contribution in [1.82, 2.24) is 0 Å². The molecule has 0 spiro atoms. The molecule has 0 atom stereocenters. The lowest BCUT2D eigenvalue weighted by molar-refractivity contribution is 1.61. The van der Waals surface area contributed by atoms with Gasteiger partial charge in [0.05, 0.1) is 0 Å². The van der Waals surface area contributed by atoms with Gasteiger partial charge in [0.1, 0.15) is 0 Å². The standard InChI is InChI=1S/C68H42/c1-4-18-58-43(11-1)23-26-54-37-49(29-32-61(54)58)45-14-9-16-47(35-45)51-31-34-63-57(39-51)40-56-28-25-52(41-66(56)68(63)67-42-53-13-3-6-20-60(53)64-21-7-8-22-65(64)67)48-17-10-15-46(36-48)50-30-33-62-55(38-50)27-24-44-12-2-5-19-59(44)62/h1-42H. The summed E-state index contributed by atoms with van der Waals surface area (Å²) >= 11 is 0. The molecule has 0 N–H and O–H groups in total. The zero-order chi connectivity index (χ0) is 44.7. The van der Waals surface area contributed by atoms with Gasteiger partial charge in [-0.2, -0.15) is 0 Å². The minimum absolute atomic E-state index is 1.20. The molecule has 14 rings (SSSR count). The van der Waals surface area contributed by atoms with Crippen LogP contribution in [0.4, 0.5) is 0 Å². The third-order valence-electron chi connectivity index (χ3n) is 14.5. The number of rotatable bonds is 5. The SMILES string of the molecule is c1cc(-c2ccc3c(-c4cc5ccccc5c5ccccc45)c4cc(-c5cccc(-c6ccc7c(ccc8ccccc87)c6)c5)ccc4cc3c2)cc(-c2ccc3c(ccc4ccccc43)c2)c1. The number of fused-ring (bicyclic) bond motifs is 11. The first-order valence-corrected chi connectivity index (χ1v) is 23.6. The first-order valence-electron chi connectivity index (χ1n) is 23.6. The van der Waals surface area contributed by atoms with E-state index in [0.29, 0.717) is 0 Å². The molecule has 0 aliphatic carbocycles. The van der Waals surface area contributed by atoms with Crippen molar-refractivity contribution in [2.24, 2.45) is 0 Å². The van der Waals surface area contributed by atoms with Crippen molar-refractivity contribution in [2.45, 2.75) is 0 Å². The van der Waals surface area contributed by atoms with Gasteiger partial charge in [-0.05, 0) is 190 Å². The molecule has 0 saturated heterocycles. The van der Waals surface area contributed by atoms with Crippen LogP contribution in [0.15, 0.2) is 255 Å². The monoisotopic (exact) mass is 858 g/mol. The highest BCUT2D eigenvalue weighted by Crippen LogP contribution is 2.45. The number of hydrogen-bond donors (Lipinski definition) is 0. The molecule has 0 amide bonds. The molecule has 0 radical (unpaired) electrons. The summed E-state index contributed by atoms with van der Waals surface area (Å²) in [6.45, 7) is 0. The summed E-state index contributed by atoms with van der Waals surface area (Å²) in [6, 6.07) is 94.9. The molecule has 68 heavy (non-hydrogen) atoms. The maximum absolute atomic E-state index is 2.43. The molecule has 0 aromatic heterocycles. The van der Waals surface area contributed by atoms with Crippen molar-refractivity contribution >= 4 is 86.2 Å². The van der Waals surface area contributed by atoms with Crippen molar-refractivity contribution in [3.63, 3.8) is 0 Å². The van der Waals surface area contributed by atoms with Crippen LogP contribution in [0.5, 0.6) is 0 Å². The van der Waals surface area contributed by atoms with E-state index in [1.54, 1.807) is 0 Å². The van der Waals surface area contributed by atoms with E-state index in [1.807, 2.05) is 0 Å². The Morgan fingerprint density at radius 3 is 1.07 bits per heavy atom. The lowest BCUT2D eigenvalue weighted by Crippen LogP contribution is -1.91. The van der Waals surface area contributed by atoms with Crippen molar-refractivity contribution < 1.29 is 0 Å². The highest BCUT2D eigenvalue weighted by atomic mass is 14.2. The normalized spacial score (nSPS) is 11.8. The zero-order valence-corrected chi connectivity index (χ0v) is 37.2. The Hall–Kier alpha value is -8.84. The molecule has 0 nitrogen and oxygen atoms in total. The van der Waals surface area contributed by atoms with E-state index in [9.17, 15) is 0 Å². The first kappa shape index (κ1) is 38.4. The van der Waals surface area contributed by atoms with Gasteiger partial charge in [-0.15, -0.1) is 0 Å². The van der Waals surface area contributed by atoms with E-state index in [4.69, 9.17) is 0 Å². The number of benzene rings is 14.